The molecule has 0 bridgehead atoms. The fourth-order valence-electron chi connectivity index (χ4n) is 2.73. The Morgan fingerprint density at radius 1 is 0.857 bits per heavy atom. The number of hydrogen-bond acceptors (Lipinski definition) is 3. The van der Waals surface area contributed by atoms with Gasteiger partial charge in [-0.05, 0) is 48.7 Å². The van der Waals surface area contributed by atoms with Gasteiger partial charge >= 0.3 is 0 Å². The zero-order chi connectivity index (χ0) is 19.9. The Labute approximate surface area is 176 Å². The number of ether oxygens (including phenoxy) is 2. The Bertz CT molecular complexity index is 929. The Kier molecular flexibility index (Phi) is 7.07. The molecule has 0 spiro atoms. The maximum atomic E-state index is 6.50. The summed E-state index contributed by atoms with van der Waals surface area (Å²) in [5, 5.41) is 4.71. The van der Waals surface area contributed by atoms with Gasteiger partial charge in [-0.2, -0.15) is 0 Å². The van der Waals surface area contributed by atoms with Gasteiger partial charge in [-0.1, -0.05) is 59.6 Å². The molecule has 0 fully saturated rings. The largest absolute Gasteiger partial charge is 0.490 e. The molecule has 0 amide bonds. The molecular weight excluding hydrogens is 393 g/mol. The molecule has 0 unspecified atom stereocenters. The van der Waals surface area contributed by atoms with Crippen LogP contribution in [0.1, 0.15) is 23.6 Å². The van der Waals surface area contributed by atoms with Crippen molar-refractivity contribution in [1.82, 2.24) is 0 Å². The highest BCUT2D eigenvalue weighted by Gasteiger charge is 2.12. The first kappa shape index (κ1) is 20.4. The third kappa shape index (κ3) is 5.34. The molecule has 0 aliphatic heterocycles. The standard InChI is InChI=1S/C23H23Cl2NO2/c1-3-27-22-11-18(14-26-19-10-9-16(2)20(24)12-19)21(25)13-23(22)28-15-17-7-5-4-6-8-17/h4-13,26H,3,14-15H2,1-2H3. The third-order valence-corrected chi connectivity index (χ3v) is 5.06. The van der Waals surface area contributed by atoms with Gasteiger partial charge in [0, 0.05) is 28.3 Å². The zero-order valence-electron chi connectivity index (χ0n) is 16.0. The van der Waals surface area contributed by atoms with Gasteiger partial charge in [0.15, 0.2) is 11.5 Å². The van der Waals surface area contributed by atoms with Gasteiger partial charge in [0.1, 0.15) is 6.61 Å². The summed E-state index contributed by atoms with van der Waals surface area (Å²) in [5.41, 5.74) is 4.00. The number of anilines is 1. The van der Waals surface area contributed by atoms with E-state index in [2.05, 4.69) is 5.32 Å². The molecular formula is C23H23Cl2NO2. The van der Waals surface area contributed by atoms with Gasteiger partial charge in [-0.25, -0.2) is 0 Å². The second-order valence-corrected chi connectivity index (χ2v) is 7.23. The second-order valence-electron chi connectivity index (χ2n) is 6.42. The number of hydrogen-bond donors (Lipinski definition) is 1. The lowest BCUT2D eigenvalue weighted by molar-refractivity contribution is 0.269. The van der Waals surface area contributed by atoms with E-state index in [1.165, 1.54) is 0 Å². The fraction of sp³-hybridized carbons (Fsp3) is 0.217. The molecule has 3 aromatic rings. The molecule has 0 aromatic heterocycles. The predicted molar refractivity (Wildman–Crippen MR) is 117 cm³/mol. The van der Waals surface area contributed by atoms with Gasteiger partial charge in [0.2, 0.25) is 0 Å². The normalized spacial score (nSPS) is 10.6. The van der Waals surface area contributed by atoms with Crippen molar-refractivity contribution in [3.63, 3.8) is 0 Å². The topological polar surface area (TPSA) is 30.5 Å². The summed E-state index contributed by atoms with van der Waals surface area (Å²) >= 11 is 12.7. The van der Waals surface area contributed by atoms with E-state index in [9.17, 15) is 0 Å². The smallest absolute Gasteiger partial charge is 0.163 e. The Balaban J connectivity index is 1.74. The van der Waals surface area contributed by atoms with Crippen molar-refractivity contribution < 1.29 is 9.47 Å². The average molecular weight is 416 g/mol. The summed E-state index contributed by atoms with van der Waals surface area (Å²) in [6.45, 7) is 5.48. The van der Waals surface area contributed by atoms with Gasteiger partial charge in [-0.3, -0.25) is 0 Å². The van der Waals surface area contributed by atoms with Crippen LogP contribution in [0.15, 0.2) is 60.7 Å². The van der Waals surface area contributed by atoms with Crippen LogP contribution < -0.4 is 14.8 Å². The van der Waals surface area contributed by atoms with Crippen LogP contribution >= 0.6 is 23.2 Å². The van der Waals surface area contributed by atoms with Crippen LogP contribution in [0.25, 0.3) is 0 Å². The molecule has 0 saturated heterocycles. The lowest BCUT2D eigenvalue weighted by Crippen LogP contribution is -2.04. The van der Waals surface area contributed by atoms with E-state index < -0.39 is 0 Å². The second kappa shape index (κ2) is 9.72. The molecule has 0 saturated carbocycles. The third-order valence-electron chi connectivity index (χ3n) is 4.30. The summed E-state index contributed by atoms with van der Waals surface area (Å²) < 4.78 is 11.7. The van der Waals surface area contributed by atoms with Crippen molar-refractivity contribution in [3.05, 3.63) is 87.4 Å². The molecule has 28 heavy (non-hydrogen) atoms. The zero-order valence-corrected chi connectivity index (χ0v) is 17.5. The average Bonchev–Trinajstić information content (AvgIpc) is 2.70. The van der Waals surface area contributed by atoms with E-state index in [1.807, 2.05) is 74.5 Å². The lowest BCUT2D eigenvalue weighted by atomic mass is 10.1. The molecule has 3 rings (SSSR count). The Morgan fingerprint density at radius 2 is 1.61 bits per heavy atom. The van der Waals surface area contributed by atoms with E-state index in [4.69, 9.17) is 32.7 Å². The van der Waals surface area contributed by atoms with Crippen LogP contribution in [0.4, 0.5) is 5.69 Å². The minimum atomic E-state index is 0.455. The summed E-state index contributed by atoms with van der Waals surface area (Å²) in [7, 11) is 0. The lowest BCUT2D eigenvalue weighted by Gasteiger charge is -2.16. The van der Waals surface area contributed by atoms with Gasteiger partial charge < -0.3 is 14.8 Å². The van der Waals surface area contributed by atoms with E-state index in [-0.39, 0.29) is 0 Å². The van der Waals surface area contributed by atoms with Crippen LogP contribution in [0.3, 0.4) is 0 Å². The van der Waals surface area contributed by atoms with Crippen molar-refractivity contribution in [2.75, 3.05) is 11.9 Å². The molecule has 0 aliphatic carbocycles. The summed E-state index contributed by atoms with van der Waals surface area (Å²) in [6, 6.07) is 19.6. The van der Waals surface area contributed by atoms with E-state index in [1.54, 1.807) is 0 Å². The molecule has 0 radical (unpaired) electrons. The molecule has 3 aromatic carbocycles. The SMILES string of the molecule is CCOc1cc(CNc2ccc(C)c(Cl)c2)c(Cl)cc1OCc1ccccc1. The number of benzene rings is 3. The van der Waals surface area contributed by atoms with E-state index in [0.717, 1.165) is 27.4 Å². The van der Waals surface area contributed by atoms with Crippen LogP contribution in [-0.4, -0.2) is 6.61 Å². The molecule has 0 heterocycles. The number of rotatable bonds is 8. The highest BCUT2D eigenvalue weighted by Crippen LogP contribution is 2.34. The van der Waals surface area contributed by atoms with Crippen molar-refractivity contribution >= 4 is 28.9 Å². The quantitative estimate of drug-likeness (QED) is 0.434. The first-order chi connectivity index (χ1) is 13.6. The number of halogens is 2. The highest BCUT2D eigenvalue weighted by atomic mass is 35.5. The van der Waals surface area contributed by atoms with Crippen LogP contribution in [0, 0.1) is 6.92 Å². The summed E-state index contributed by atoms with van der Waals surface area (Å²) in [6.07, 6.45) is 0. The first-order valence-electron chi connectivity index (χ1n) is 9.18. The molecule has 0 atom stereocenters. The van der Waals surface area contributed by atoms with Gasteiger partial charge in [-0.15, -0.1) is 0 Å². The van der Waals surface area contributed by atoms with Gasteiger partial charge in [0.25, 0.3) is 0 Å². The highest BCUT2D eigenvalue weighted by molar-refractivity contribution is 6.32. The number of nitrogens with one attached hydrogen (secondary N) is 1. The van der Waals surface area contributed by atoms with Gasteiger partial charge in [0.05, 0.1) is 6.61 Å². The molecule has 3 nitrogen and oxygen atoms in total. The van der Waals surface area contributed by atoms with Crippen LogP contribution in [-0.2, 0) is 13.2 Å². The van der Waals surface area contributed by atoms with Crippen molar-refractivity contribution in [2.45, 2.75) is 27.0 Å². The predicted octanol–water partition coefficient (Wildman–Crippen LogP) is 6.89. The Morgan fingerprint density at radius 3 is 2.32 bits per heavy atom. The van der Waals surface area contributed by atoms with E-state index in [0.29, 0.717) is 36.3 Å². The Hall–Kier alpha value is -2.36. The van der Waals surface area contributed by atoms with E-state index >= 15 is 0 Å². The fourth-order valence-corrected chi connectivity index (χ4v) is 3.13. The minimum absolute atomic E-state index is 0.455. The van der Waals surface area contributed by atoms with Crippen LogP contribution in [0.5, 0.6) is 11.5 Å². The molecule has 146 valence electrons. The maximum absolute atomic E-state index is 6.50. The minimum Gasteiger partial charge on any atom is -0.490 e. The summed E-state index contributed by atoms with van der Waals surface area (Å²) in [4.78, 5) is 0. The van der Waals surface area contributed by atoms with Crippen molar-refractivity contribution in [3.8, 4) is 11.5 Å². The van der Waals surface area contributed by atoms with Crippen molar-refractivity contribution in [2.24, 2.45) is 0 Å². The van der Waals surface area contributed by atoms with Crippen molar-refractivity contribution in [1.29, 1.82) is 0 Å². The molecule has 1 N–H and O–H groups in total. The first-order valence-corrected chi connectivity index (χ1v) is 9.94. The maximum Gasteiger partial charge on any atom is 0.163 e. The molecule has 0 aliphatic rings. The monoisotopic (exact) mass is 415 g/mol. The summed E-state index contributed by atoms with van der Waals surface area (Å²) in [5.74, 6) is 1.32. The van der Waals surface area contributed by atoms with Crippen LogP contribution in [0.2, 0.25) is 10.0 Å². The number of aryl methyl sites for hydroxylation is 1. The molecule has 5 heteroatoms.